The lowest BCUT2D eigenvalue weighted by atomic mass is 10.2. The second-order valence-electron chi connectivity index (χ2n) is 3.53. The predicted octanol–water partition coefficient (Wildman–Crippen LogP) is 2.79. The number of hydrogen-bond donors (Lipinski definition) is 0. The molecule has 0 fully saturated rings. The lowest BCUT2D eigenvalue weighted by Gasteiger charge is -2.13. The Morgan fingerprint density at radius 2 is 2.12 bits per heavy atom. The smallest absolute Gasteiger partial charge is 0.342 e. The van der Waals surface area contributed by atoms with Gasteiger partial charge in [-0.05, 0) is 39.0 Å². The number of benzene rings is 1. The summed E-state index contributed by atoms with van der Waals surface area (Å²) in [6, 6.07) is 3.80. The third-order valence-electron chi connectivity index (χ3n) is 1.80. The van der Waals surface area contributed by atoms with E-state index in [1.54, 1.807) is 6.92 Å². The van der Waals surface area contributed by atoms with Gasteiger partial charge in [0.25, 0.3) is 0 Å². The molecule has 0 saturated heterocycles. The average Bonchev–Trinajstić information content (AvgIpc) is 2.20. The van der Waals surface area contributed by atoms with Crippen molar-refractivity contribution in [1.82, 2.24) is 0 Å². The Morgan fingerprint density at radius 3 is 2.69 bits per heavy atom. The van der Waals surface area contributed by atoms with Gasteiger partial charge in [-0.3, -0.25) is 0 Å². The van der Waals surface area contributed by atoms with Crippen LogP contribution in [0, 0.1) is 5.82 Å². The molecule has 0 atom stereocenters. The third kappa shape index (κ3) is 3.22. The first-order valence-corrected chi connectivity index (χ1v) is 5.18. The van der Waals surface area contributed by atoms with Gasteiger partial charge in [0.15, 0.2) is 0 Å². The molecule has 0 aromatic heterocycles. The summed E-state index contributed by atoms with van der Waals surface area (Å²) in [7, 11) is 0. The van der Waals surface area contributed by atoms with Gasteiger partial charge in [-0.25, -0.2) is 9.18 Å². The number of carbonyl (C=O) groups excluding carboxylic acids is 1. The van der Waals surface area contributed by atoms with Crippen LogP contribution in [0.1, 0.15) is 31.1 Å². The second kappa shape index (κ2) is 5.49. The van der Waals surface area contributed by atoms with E-state index in [-0.39, 0.29) is 18.3 Å². The summed E-state index contributed by atoms with van der Waals surface area (Å²) in [5.74, 6) is -0.716. The predicted molar refractivity (Wildman–Crippen MR) is 58.1 cm³/mol. The van der Waals surface area contributed by atoms with E-state index in [0.717, 1.165) is 6.07 Å². The number of ether oxygens (including phenoxy) is 2. The highest BCUT2D eigenvalue weighted by Gasteiger charge is 2.15. The summed E-state index contributed by atoms with van der Waals surface area (Å²) in [5, 5.41) is 0. The third-order valence-corrected chi connectivity index (χ3v) is 1.80. The van der Waals surface area contributed by atoms with Gasteiger partial charge in [-0.1, -0.05) is 0 Å². The highest BCUT2D eigenvalue weighted by Crippen LogP contribution is 2.21. The summed E-state index contributed by atoms with van der Waals surface area (Å²) in [6.45, 7) is 5.60. The molecule has 1 aromatic rings. The van der Waals surface area contributed by atoms with Gasteiger partial charge in [-0.15, -0.1) is 0 Å². The largest absolute Gasteiger partial charge is 0.490 e. The van der Waals surface area contributed by atoms with E-state index in [9.17, 15) is 9.18 Å². The van der Waals surface area contributed by atoms with Crippen LogP contribution in [-0.2, 0) is 4.74 Å². The zero-order valence-corrected chi connectivity index (χ0v) is 9.62. The van der Waals surface area contributed by atoms with Gasteiger partial charge in [-0.2, -0.15) is 0 Å². The first-order chi connectivity index (χ1) is 7.54. The molecule has 0 aliphatic heterocycles. The molecule has 3 nitrogen and oxygen atoms in total. The fourth-order valence-corrected chi connectivity index (χ4v) is 1.23. The first kappa shape index (κ1) is 12.5. The maximum Gasteiger partial charge on any atom is 0.342 e. The SMILES string of the molecule is CCOC(=O)c1cc(F)ccc1OC(C)C. The normalized spacial score (nSPS) is 10.3. The molecule has 0 amide bonds. The summed E-state index contributed by atoms with van der Waals surface area (Å²) in [5.41, 5.74) is 0.121. The minimum absolute atomic E-state index is 0.0846. The number of esters is 1. The molecule has 0 radical (unpaired) electrons. The summed E-state index contributed by atoms with van der Waals surface area (Å²) >= 11 is 0. The topological polar surface area (TPSA) is 35.5 Å². The summed E-state index contributed by atoms with van der Waals surface area (Å²) in [4.78, 5) is 11.5. The lowest BCUT2D eigenvalue weighted by Crippen LogP contribution is -2.12. The molecule has 1 rings (SSSR count). The summed E-state index contributed by atoms with van der Waals surface area (Å²) < 4.78 is 23.2. The molecule has 16 heavy (non-hydrogen) atoms. The Labute approximate surface area is 94.2 Å². The van der Waals surface area contributed by atoms with Crippen LogP contribution in [-0.4, -0.2) is 18.7 Å². The molecule has 0 aliphatic carbocycles. The van der Waals surface area contributed by atoms with Crippen LogP contribution >= 0.6 is 0 Å². The van der Waals surface area contributed by atoms with Crippen molar-refractivity contribution >= 4 is 5.97 Å². The van der Waals surface area contributed by atoms with Crippen LogP contribution in [0.4, 0.5) is 4.39 Å². The number of hydrogen-bond acceptors (Lipinski definition) is 3. The molecular weight excluding hydrogens is 211 g/mol. The molecule has 0 spiro atoms. The van der Waals surface area contributed by atoms with Crippen molar-refractivity contribution in [2.45, 2.75) is 26.9 Å². The number of rotatable bonds is 4. The second-order valence-corrected chi connectivity index (χ2v) is 3.53. The first-order valence-electron chi connectivity index (χ1n) is 5.18. The van der Waals surface area contributed by atoms with E-state index >= 15 is 0 Å². The van der Waals surface area contributed by atoms with Gasteiger partial charge in [0.05, 0.1) is 12.7 Å². The van der Waals surface area contributed by atoms with E-state index in [2.05, 4.69) is 0 Å². The van der Waals surface area contributed by atoms with Crippen molar-refractivity contribution in [3.63, 3.8) is 0 Å². The van der Waals surface area contributed by atoms with Crippen LogP contribution in [0.15, 0.2) is 18.2 Å². The van der Waals surface area contributed by atoms with E-state index < -0.39 is 11.8 Å². The van der Waals surface area contributed by atoms with Crippen molar-refractivity contribution in [3.05, 3.63) is 29.6 Å². The van der Waals surface area contributed by atoms with Crippen molar-refractivity contribution in [2.24, 2.45) is 0 Å². The summed E-state index contributed by atoms with van der Waals surface area (Å²) in [6.07, 6.45) is -0.0846. The Balaban J connectivity index is 3.02. The molecular formula is C12H15FO3. The quantitative estimate of drug-likeness (QED) is 0.740. The van der Waals surface area contributed by atoms with E-state index in [0.29, 0.717) is 5.75 Å². The molecule has 0 unspecified atom stereocenters. The Bertz CT molecular complexity index is 375. The molecule has 0 saturated carbocycles. The zero-order chi connectivity index (χ0) is 12.1. The highest BCUT2D eigenvalue weighted by atomic mass is 19.1. The minimum atomic E-state index is -0.572. The van der Waals surface area contributed by atoms with Gasteiger partial charge in [0, 0.05) is 0 Å². The maximum absolute atomic E-state index is 13.0. The fourth-order valence-electron chi connectivity index (χ4n) is 1.23. The van der Waals surface area contributed by atoms with Crippen molar-refractivity contribution in [3.8, 4) is 5.75 Å². The minimum Gasteiger partial charge on any atom is -0.490 e. The van der Waals surface area contributed by atoms with Crippen molar-refractivity contribution in [2.75, 3.05) is 6.61 Å². The highest BCUT2D eigenvalue weighted by molar-refractivity contribution is 5.92. The number of halogens is 1. The molecule has 0 N–H and O–H groups in total. The van der Waals surface area contributed by atoms with Crippen molar-refractivity contribution in [1.29, 1.82) is 0 Å². The molecule has 1 aromatic carbocycles. The van der Waals surface area contributed by atoms with E-state index in [1.165, 1.54) is 12.1 Å². The van der Waals surface area contributed by atoms with Crippen LogP contribution in [0.2, 0.25) is 0 Å². The van der Waals surface area contributed by atoms with Gasteiger partial charge in [0.2, 0.25) is 0 Å². The standard InChI is InChI=1S/C12H15FO3/c1-4-15-12(14)10-7-9(13)5-6-11(10)16-8(2)3/h5-8H,4H2,1-3H3. The zero-order valence-electron chi connectivity index (χ0n) is 9.62. The average molecular weight is 226 g/mol. The maximum atomic E-state index is 13.0. The van der Waals surface area contributed by atoms with Gasteiger partial charge in [0.1, 0.15) is 17.1 Å². The van der Waals surface area contributed by atoms with Crippen molar-refractivity contribution < 1.29 is 18.7 Å². The van der Waals surface area contributed by atoms with Crippen LogP contribution in [0.25, 0.3) is 0 Å². The monoisotopic (exact) mass is 226 g/mol. The van der Waals surface area contributed by atoms with Crippen LogP contribution < -0.4 is 4.74 Å². The molecule has 4 heteroatoms. The molecule has 0 heterocycles. The molecule has 0 aliphatic rings. The Morgan fingerprint density at radius 1 is 1.44 bits per heavy atom. The van der Waals surface area contributed by atoms with E-state index in [1.807, 2.05) is 13.8 Å². The number of carbonyl (C=O) groups is 1. The lowest BCUT2D eigenvalue weighted by molar-refractivity contribution is 0.0519. The fraction of sp³-hybridized carbons (Fsp3) is 0.417. The van der Waals surface area contributed by atoms with Crippen LogP contribution in [0.3, 0.4) is 0 Å². The van der Waals surface area contributed by atoms with Gasteiger partial charge < -0.3 is 9.47 Å². The Kier molecular flexibility index (Phi) is 4.28. The van der Waals surface area contributed by atoms with E-state index in [4.69, 9.17) is 9.47 Å². The molecule has 0 bridgehead atoms. The Hall–Kier alpha value is -1.58. The van der Waals surface area contributed by atoms with Crippen LogP contribution in [0.5, 0.6) is 5.75 Å². The van der Waals surface area contributed by atoms with Gasteiger partial charge >= 0.3 is 5.97 Å². The molecule has 88 valence electrons.